The highest BCUT2D eigenvalue weighted by Gasteiger charge is 2.47. The Hall–Kier alpha value is -2.72. The molecule has 10 heteroatoms. The number of likely N-dealkylation sites (tertiary alicyclic amines) is 1. The van der Waals surface area contributed by atoms with Gasteiger partial charge in [0, 0.05) is 11.9 Å². The van der Waals surface area contributed by atoms with Crippen LogP contribution in [0.3, 0.4) is 0 Å². The lowest BCUT2D eigenvalue weighted by atomic mass is 9.81. The van der Waals surface area contributed by atoms with E-state index in [4.69, 9.17) is 13.8 Å². The van der Waals surface area contributed by atoms with Crippen LogP contribution in [0.2, 0.25) is 0 Å². The predicted molar refractivity (Wildman–Crippen MR) is 141 cm³/mol. The van der Waals surface area contributed by atoms with Gasteiger partial charge in [-0.2, -0.15) is 4.37 Å². The number of fused-ring (bicyclic) bond motifs is 2. The molecule has 2 amide bonds. The van der Waals surface area contributed by atoms with Crippen molar-refractivity contribution in [3.63, 3.8) is 0 Å². The molecule has 37 heavy (non-hydrogen) atoms. The molecule has 1 saturated carbocycles. The highest BCUT2D eigenvalue weighted by molar-refractivity contribution is 7.13. The lowest BCUT2D eigenvalue weighted by molar-refractivity contribution is -0.944. The summed E-state index contributed by atoms with van der Waals surface area (Å²) in [6.45, 7) is 6.86. The van der Waals surface area contributed by atoms with Crippen LogP contribution in [-0.2, 0) is 19.1 Å². The third kappa shape index (κ3) is 5.45. The molecular formula is C27H37N4O5S+. The number of carbonyl (C=O) groups is 3. The van der Waals surface area contributed by atoms with E-state index < -0.39 is 6.16 Å². The number of quaternary nitrogens is 1. The molecule has 5 rings (SSSR count). The Kier molecular flexibility index (Phi) is 7.95. The largest absolute Gasteiger partial charge is 0.512 e. The summed E-state index contributed by atoms with van der Waals surface area (Å²) in [4.78, 5) is 41.4. The molecule has 1 aliphatic carbocycles. The molecule has 2 saturated heterocycles. The maximum Gasteiger partial charge on any atom is 0.512 e. The number of ether oxygens (including phenoxy) is 2. The Bertz CT molecular complexity index is 1100. The van der Waals surface area contributed by atoms with Gasteiger partial charge in [-0.3, -0.25) is 19.0 Å². The summed E-state index contributed by atoms with van der Waals surface area (Å²) in [5.74, 6) is 0.916. The summed E-state index contributed by atoms with van der Waals surface area (Å²) in [7, 11) is 0. The van der Waals surface area contributed by atoms with E-state index in [-0.39, 0.29) is 37.0 Å². The van der Waals surface area contributed by atoms with Crippen LogP contribution in [0.1, 0.15) is 45.4 Å². The van der Waals surface area contributed by atoms with Crippen LogP contribution >= 0.6 is 11.5 Å². The molecule has 3 fully saturated rings. The molecule has 200 valence electrons. The predicted octanol–water partition coefficient (Wildman–Crippen LogP) is 4.02. The number of amides is 2. The maximum absolute atomic E-state index is 12.8. The van der Waals surface area contributed by atoms with Crippen molar-refractivity contribution in [2.45, 2.75) is 45.4 Å². The van der Waals surface area contributed by atoms with E-state index in [0.29, 0.717) is 11.0 Å². The van der Waals surface area contributed by atoms with E-state index in [1.54, 1.807) is 6.92 Å². The SMILES string of the molecule is CCOC(=O)OC[N+]1(CCCCN2C(=O)C3CCCCC3C2=O)CCN(c2nsc3ccccc23)CC1. The molecule has 2 aliphatic heterocycles. The number of unbranched alkanes of at least 4 members (excludes halogenated alkanes) is 1. The van der Waals surface area contributed by atoms with Crippen LogP contribution in [0.25, 0.3) is 10.1 Å². The second-order valence-corrected chi connectivity index (χ2v) is 11.3. The van der Waals surface area contributed by atoms with Crippen molar-refractivity contribution in [1.82, 2.24) is 9.27 Å². The summed E-state index contributed by atoms with van der Waals surface area (Å²) in [5.41, 5.74) is 0. The van der Waals surface area contributed by atoms with E-state index in [9.17, 15) is 14.4 Å². The molecule has 0 bridgehead atoms. The lowest BCUT2D eigenvalue weighted by Crippen LogP contribution is -2.61. The fraction of sp³-hybridized carbons (Fsp3) is 0.630. The lowest BCUT2D eigenvalue weighted by Gasteiger charge is -2.44. The van der Waals surface area contributed by atoms with E-state index in [0.717, 1.165) is 77.1 Å². The molecule has 0 N–H and O–H groups in total. The van der Waals surface area contributed by atoms with Crippen LogP contribution in [0.5, 0.6) is 0 Å². The number of benzene rings is 1. The van der Waals surface area contributed by atoms with Gasteiger partial charge in [0.15, 0.2) is 5.82 Å². The normalized spacial score (nSPS) is 23.4. The number of hydrogen-bond donors (Lipinski definition) is 0. The van der Waals surface area contributed by atoms with Crippen molar-refractivity contribution >= 4 is 45.4 Å². The van der Waals surface area contributed by atoms with Gasteiger partial charge in [0.05, 0.1) is 55.9 Å². The summed E-state index contributed by atoms with van der Waals surface area (Å²) in [5, 5.41) is 1.18. The van der Waals surface area contributed by atoms with Gasteiger partial charge in [-0.05, 0) is 56.3 Å². The van der Waals surface area contributed by atoms with Crippen molar-refractivity contribution in [3.8, 4) is 0 Å². The number of piperazine rings is 1. The number of imide groups is 1. The van der Waals surface area contributed by atoms with Crippen LogP contribution in [0.4, 0.5) is 10.6 Å². The standard InChI is InChI=1S/C27H37N4O5S/c1-2-35-27(34)36-19-31(16-8-7-13-30-25(32)20-9-3-4-10-21(20)26(30)33)17-14-29(15-18-31)24-22-11-5-6-12-23(22)37-28-24/h5-6,11-12,20-21H,2-4,7-10,13-19H2,1H3/q+1. The van der Waals surface area contributed by atoms with E-state index in [1.165, 1.54) is 26.5 Å². The van der Waals surface area contributed by atoms with Gasteiger partial charge < -0.3 is 14.4 Å². The van der Waals surface area contributed by atoms with Crippen molar-refractivity contribution < 1.29 is 28.3 Å². The fourth-order valence-corrected chi connectivity index (χ4v) is 6.93. The molecule has 9 nitrogen and oxygen atoms in total. The van der Waals surface area contributed by atoms with E-state index in [2.05, 4.69) is 17.0 Å². The molecule has 1 aromatic carbocycles. The number of anilines is 1. The Morgan fingerprint density at radius 2 is 1.76 bits per heavy atom. The average Bonchev–Trinajstić information content (AvgIpc) is 3.46. The van der Waals surface area contributed by atoms with Gasteiger partial charge in [-0.25, -0.2) is 4.79 Å². The minimum atomic E-state index is -0.635. The molecule has 3 heterocycles. The van der Waals surface area contributed by atoms with Gasteiger partial charge in [-0.1, -0.05) is 25.0 Å². The quantitative estimate of drug-likeness (QED) is 0.210. The third-order valence-electron chi connectivity index (χ3n) is 8.26. The number of carbonyl (C=O) groups excluding carboxylic acids is 3. The highest BCUT2D eigenvalue weighted by Crippen LogP contribution is 2.38. The number of rotatable bonds is 9. The zero-order valence-electron chi connectivity index (χ0n) is 21.6. The molecule has 3 aliphatic rings. The average molecular weight is 530 g/mol. The fourth-order valence-electron chi connectivity index (χ4n) is 6.14. The van der Waals surface area contributed by atoms with Crippen LogP contribution in [0.15, 0.2) is 24.3 Å². The monoisotopic (exact) mass is 529 g/mol. The minimum Gasteiger partial charge on any atom is -0.434 e. The number of hydrogen-bond acceptors (Lipinski definition) is 8. The second kappa shape index (κ2) is 11.3. The Labute approximate surface area is 222 Å². The zero-order valence-corrected chi connectivity index (χ0v) is 22.4. The number of nitrogens with zero attached hydrogens (tertiary/aromatic N) is 4. The van der Waals surface area contributed by atoms with Gasteiger partial charge in [0.2, 0.25) is 18.5 Å². The first-order chi connectivity index (χ1) is 18.0. The van der Waals surface area contributed by atoms with Crippen molar-refractivity contribution in [2.24, 2.45) is 11.8 Å². The van der Waals surface area contributed by atoms with Crippen molar-refractivity contribution in [2.75, 3.05) is 57.5 Å². The Morgan fingerprint density at radius 3 is 2.46 bits per heavy atom. The second-order valence-electron chi connectivity index (χ2n) is 10.5. The van der Waals surface area contributed by atoms with Gasteiger partial charge in [-0.15, -0.1) is 0 Å². The van der Waals surface area contributed by atoms with Crippen LogP contribution < -0.4 is 4.90 Å². The molecular weight excluding hydrogens is 492 g/mol. The first-order valence-corrected chi connectivity index (χ1v) is 14.4. The van der Waals surface area contributed by atoms with E-state index >= 15 is 0 Å². The summed E-state index contributed by atoms with van der Waals surface area (Å²) in [6, 6.07) is 8.29. The number of aromatic nitrogens is 1. The van der Waals surface area contributed by atoms with Crippen molar-refractivity contribution in [3.05, 3.63) is 24.3 Å². The summed E-state index contributed by atoms with van der Waals surface area (Å²) < 4.78 is 17.0. The molecule has 2 unspecified atom stereocenters. The highest BCUT2D eigenvalue weighted by atomic mass is 32.1. The molecule has 2 atom stereocenters. The maximum atomic E-state index is 12.8. The van der Waals surface area contributed by atoms with E-state index in [1.807, 2.05) is 12.1 Å². The third-order valence-corrected chi connectivity index (χ3v) is 9.08. The van der Waals surface area contributed by atoms with Crippen LogP contribution in [-0.4, -0.2) is 84.3 Å². The van der Waals surface area contributed by atoms with Gasteiger partial charge in [0.25, 0.3) is 0 Å². The Morgan fingerprint density at radius 1 is 1.05 bits per heavy atom. The van der Waals surface area contributed by atoms with Crippen molar-refractivity contribution in [1.29, 1.82) is 0 Å². The van der Waals surface area contributed by atoms with Gasteiger partial charge >= 0.3 is 6.16 Å². The molecule has 1 aromatic heterocycles. The first-order valence-electron chi connectivity index (χ1n) is 13.6. The Balaban J connectivity index is 1.19. The van der Waals surface area contributed by atoms with Crippen LogP contribution in [0, 0.1) is 11.8 Å². The summed E-state index contributed by atoms with van der Waals surface area (Å²) in [6.07, 6.45) is 4.76. The summed E-state index contributed by atoms with van der Waals surface area (Å²) >= 11 is 1.52. The zero-order chi connectivity index (χ0) is 25.8. The smallest absolute Gasteiger partial charge is 0.434 e. The topological polar surface area (TPSA) is 89.0 Å². The first kappa shape index (κ1) is 25.9. The minimum absolute atomic E-state index is 0.0355. The molecule has 0 spiro atoms. The molecule has 0 radical (unpaired) electrons. The van der Waals surface area contributed by atoms with Gasteiger partial charge in [0.1, 0.15) is 0 Å². The molecule has 2 aromatic rings.